The van der Waals surface area contributed by atoms with Gasteiger partial charge in [0.25, 0.3) is 0 Å². The molecule has 1 aliphatic rings. The molecule has 0 bridgehead atoms. The number of carboxylic acids is 1. The molecule has 1 saturated carbocycles. The number of aromatic nitrogens is 2. The van der Waals surface area contributed by atoms with Gasteiger partial charge in [-0.25, -0.2) is 9.97 Å². The van der Waals surface area contributed by atoms with E-state index in [2.05, 4.69) is 15.3 Å². The zero-order chi connectivity index (χ0) is 15.5. The lowest BCUT2D eigenvalue weighted by atomic mass is 9.74. The quantitative estimate of drug-likeness (QED) is 0.894. The molecule has 1 heterocycles. The summed E-state index contributed by atoms with van der Waals surface area (Å²) in [5, 5.41) is 12.0. The Morgan fingerprint density at radius 2 is 2.00 bits per heavy atom. The summed E-state index contributed by atoms with van der Waals surface area (Å²) in [6, 6.07) is 0.777. The Labute approximate surface area is 119 Å². The Bertz CT molecular complexity index is 514. The summed E-state index contributed by atoms with van der Waals surface area (Å²) in [6.45, 7) is 0.0314. The molecule has 0 amide bonds. The predicted octanol–water partition coefficient (Wildman–Crippen LogP) is 2.94. The van der Waals surface area contributed by atoms with E-state index in [-0.39, 0.29) is 12.5 Å². The first-order chi connectivity index (χ1) is 9.83. The minimum Gasteiger partial charge on any atom is -0.481 e. The van der Waals surface area contributed by atoms with E-state index in [1.165, 1.54) is 0 Å². The SMILES string of the molecule is O=C(O)C1(CNc2nccc(C(F)(F)F)n2)CCCCC1. The van der Waals surface area contributed by atoms with E-state index in [1.807, 2.05) is 0 Å². The minimum atomic E-state index is -4.55. The number of rotatable bonds is 4. The standard InChI is InChI=1S/C13H16F3N3O2/c14-13(15,16)9-4-7-17-11(19-9)18-8-12(10(20)21)5-2-1-3-6-12/h4,7H,1-3,5-6,8H2,(H,20,21)(H,17,18,19). The second-order valence-corrected chi connectivity index (χ2v) is 5.26. The third-order valence-corrected chi connectivity index (χ3v) is 3.80. The smallest absolute Gasteiger partial charge is 0.433 e. The number of halogens is 3. The maximum atomic E-state index is 12.6. The van der Waals surface area contributed by atoms with E-state index in [0.29, 0.717) is 12.8 Å². The van der Waals surface area contributed by atoms with Gasteiger partial charge in [0.15, 0.2) is 0 Å². The number of hydrogen-bond donors (Lipinski definition) is 2. The Balaban J connectivity index is 2.09. The lowest BCUT2D eigenvalue weighted by molar-refractivity contribution is -0.150. The molecule has 1 fully saturated rings. The van der Waals surface area contributed by atoms with Crippen LogP contribution in [-0.4, -0.2) is 27.6 Å². The summed E-state index contributed by atoms with van der Waals surface area (Å²) in [5.74, 6) is -1.13. The van der Waals surface area contributed by atoms with E-state index >= 15 is 0 Å². The zero-order valence-corrected chi connectivity index (χ0v) is 11.3. The summed E-state index contributed by atoms with van der Waals surface area (Å²) in [5.41, 5.74) is -2.00. The first-order valence-corrected chi connectivity index (χ1v) is 6.71. The van der Waals surface area contributed by atoms with Crippen LogP contribution in [0.1, 0.15) is 37.8 Å². The summed E-state index contributed by atoms with van der Waals surface area (Å²) < 4.78 is 37.7. The van der Waals surface area contributed by atoms with Crippen LogP contribution in [0.2, 0.25) is 0 Å². The van der Waals surface area contributed by atoms with Gasteiger partial charge in [0.05, 0.1) is 5.41 Å². The van der Waals surface area contributed by atoms with Gasteiger partial charge in [0, 0.05) is 12.7 Å². The van der Waals surface area contributed by atoms with Gasteiger partial charge in [-0.05, 0) is 18.9 Å². The number of carbonyl (C=O) groups is 1. The van der Waals surface area contributed by atoms with Crippen molar-refractivity contribution in [3.8, 4) is 0 Å². The lowest BCUT2D eigenvalue weighted by Gasteiger charge is -2.33. The number of nitrogens with zero attached hydrogens (tertiary/aromatic N) is 2. The van der Waals surface area contributed by atoms with Crippen molar-refractivity contribution in [2.45, 2.75) is 38.3 Å². The molecule has 1 aromatic rings. The fourth-order valence-corrected chi connectivity index (χ4v) is 2.54. The molecule has 0 saturated heterocycles. The number of anilines is 1. The normalized spacial score (nSPS) is 18.2. The van der Waals surface area contributed by atoms with Crippen LogP contribution >= 0.6 is 0 Å². The Morgan fingerprint density at radius 1 is 1.33 bits per heavy atom. The van der Waals surface area contributed by atoms with E-state index in [9.17, 15) is 23.1 Å². The number of aliphatic carboxylic acids is 1. The van der Waals surface area contributed by atoms with Crippen molar-refractivity contribution < 1.29 is 23.1 Å². The molecule has 2 rings (SSSR count). The fourth-order valence-electron chi connectivity index (χ4n) is 2.54. The van der Waals surface area contributed by atoms with Crippen molar-refractivity contribution >= 4 is 11.9 Å². The summed E-state index contributed by atoms with van der Waals surface area (Å²) in [7, 11) is 0. The summed E-state index contributed by atoms with van der Waals surface area (Å²) >= 11 is 0. The van der Waals surface area contributed by atoms with Crippen molar-refractivity contribution in [1.29, 1.82) is 0 Å². The van der Waals surface area contributed by atoms with Crippen LogP contribution in [0, 0.1) is 5.41 Å². The fraction of sp³-hybridized carbons (Fsp3) is 0.615. The second-order valence-electron chi connectivity index (χ2n) is 5.26. The van der Waals surface area contributed by atoms with Gasteiger partial charge < -0.3 is 10.4 Å². The summed E-state index contributed by atoms with van der Waals surface area (Å²) in [6.07, 6.45) is 0.0632. The molecule has 1 aliphatic carbocycles. The van der Waals surface area contributed by atoms with E-state index in [1.54, 1.807) is 0 Å². The van der Waals surface area contributed by atoms with Crippen LogP contribution in [-0.2, 0) is 11.0 Å². The molecule has 5 nitrogen and oxygen atoms in total. The molecule has 2 N–H and O–H groups in total. The van der Waals surface area contributed by atoms with Crippen molar-refractivity contribution in [1.82, 2.24) is 9.97 Å². The molecule has 0 aliphatic heterocycles. The average Bonchev–Trinajstić information content (AvgIpc) is 2.45. The van der Waals surface area contributed by atoms with E-state index < -0.39 is 23.3 Å². The maximum Gasteiger partial charge on any atom is 0.433 e. The lowest BCUT2D eigenvalue weighted by Crippen LogP contribution is -2.40. The number of carboxylic acid groups (broad SMARTS) is 1. The Hall–Kier alpha value is -1.86. The number of alkyl halides is 3. The molecule has 116 valence electrons. The van der Waals surface area contributed by atoms with Crippen LogP contribution in [0.25, 0.3) is 0 Å². The highest BCUT2D eigenvalue weighted by Crippen LogP contribution is 2.36. The van der Waals surface area contributed by atoms with Gasteiger partial charge >= 0.3 is 12.1 Å². The first-order valence-electron chi connectivity index (χ1n) is 6.71. The molecule has 8 heteroatoms. The van der Waals surface area contributed by atoms with Crippen LogP contribution < -0.4 is 5.32 Å². The zero-order valence-electron chi connectivity index (χ0n) is 11.3. The van der Waals surface area contributed by atoms with Gasteiger partial charge in [0.2, 0.25) is 5.95 Å². The Kier molecular flexibility index (Phi) is 4.34. The van der Waals surface area contributed by atoms with Gasteiger partial charge in [-0.3, -0.25) is 4.79 Å². The molecule has 21 heavy (non-hydrogen) atoms. The first kappa shape index (κ1) is 15.5. The number of hydrogen-bond acceptors (Lipinski definition) is 4. The van der Waals surface area contributed by atoms with Crippen LogP contribution in [0.3, 0.4) is 0 Å². The van der Waals surface area contributed by atoms with Crippen molar-refractivity contribution in [3.63, 3.8) is 0 Å². The molecule has 0 aromatic carbocycles. The molecule has 0 radical (unpaired) electrons. The third-order valence-electron chi connectivity index (χ3n) is 3.80. The number of nitrogens with one attached hydrogen (secondary N) is 1. The van der Waals surface area contributed by atoms with Gasteiger partial charge in [-0.1, -0.05) is 19.3 Å². The van der Waals surface area contributed by atoms with E-state index in [0.717, 1.165) is 31.5 Å². The average molecular weight is 303 g/mol. The predicted molar refractivity (Wildman–Crippen MR) is 68.7 cm³/mol. The maximum absolute atomic E-state index is 12.6. The summed E-state index contributed by atoms with van der Waals surface area (Å²) in [4.78, 5) is 18.6. The van der Waals surface area contributed by atoms with E-state index in [4.69, 9.17) is 0 Å². The monoisotopic (exact) mass is 303 g/mol. The van der Waals surface area contributed by atoms with Crippen LogP contribution in [0.4, 0.5) is 19.1 Å². The molecule has 0 unspecified atom stereocenters. The van der Waals surface area contributed by atoms with Crippen LogP contribution in [0.5, 0.6) is 0 Å². The van der Waals surface area contributed by atoms with Crippen molar-refractivity contribution in [2.75, 3.05) is 11.9 Å². The molecular weight excluding hydrogens is 287 g/mol. The van der Waals surface area contributed by atoms with Gasteiger partial charge in [0.1, 0.15) is 5.69 Å². The highest BCUT2D eigenvalue weighted by molar-refractivity contribution is 5.75. The molecule has 0 atom stereocenters. The highest BCUT2D eigenvalue weighted by Gasteiger charge is 2.39. The van der Waals surface area contributed by atoms with Gasteiger partial charge in [-0.15, -0.1) is 0 Å². The second kappa shape index (κ2) is 5.87. The topological polar surface area (TPSA) is 75.1 Å². The highest BCUT2D eigenvalue weighted by atomic mass is 19.4. The molecule has 0 spiro atoms. The molecular formula is C13H16F3N3O2. The van der Waals surface area contributed by atoms with Crippen molar-refractivity contribution in [3.05, 3.63) is 18.0 Å². The third kappa shape index (κ3) is 3.62. The van der Waals surface area contributed by atoms with Crippen molar-refractivity contribution in [2.24, 2.45) is 5.41 Å². The molecule has 1 aromatic heterocycles. The van der Waals surface area contributed by atoms with Crippen LogP contribution in [0.15, 0.2) is 12.3 Å². The van der Waals surface area contributed by atoms with Gasteiger partial charge in [-0.2, -0.15) is 13.2 Å². The minimum absolute atomic E-state index is 0.0314. The Morgan fingerprint density at radius 3 is 2.57 bits per heavy atom. The largest absolute Gasteiger partial charge is 0.481 e.